The van der Waals surface area contributed by atoms with Crippen molar-refractivity contribution in [2.45, 2.75) is 39.7 Å². The highest BCUT2D eigenvalue weighted by atomic mass is 16.4. The minimum absolute atomic E-state index is 0.0542. The number of hydrogen-bond donors (Lipinski definition) is 3. The Morgan fingerprint density at radius 1 is 1.32 bits per heavy atom. The summed E-state index contributed by atoms with van der Waals surface area (Å²) in [4.78, 5) is 24.8. The van der Waals surface area contributed by atoms with Crippen molar-refractivity contribution in [2.75, 3.05) is 26.2 Å². The van der Waals surface area contributed by atoms with Gasteiger partial charge in [-0.3, -0.25) is 4.79 Å². The van der Waals surface area contributed by atoms with E-state index in [2.05, 4.69) is 10.6 Å². The third-order valence-electron chi connectivity index (χ3n) is 3.35. The first-order valence-corrected chi connectivity index (χ1v) is 6.78. The predicted molar refractivity (Wildman–Crippen MR) is 73.1 cm³/mol. The number of rotatable bonds is 3. The van der Waals surface area contributed by atoms with Gasteiger partial charge in [-0.25, -0.2) is 4.79 Å². The quantitative estimate of drug-likeness (QED) is 0.712. The van der Waals surface area contributed by atoms with E-state index in [0.717, 1.165) is 19.5 Å². The number of hydrogen-bond acceptors (Lipinski definition) is 3. The third-order valence-corrected chi connectivity index (χ3v) is 3.35. The van der Waals surface area contributed by atoms with Gasteiger partial charge >= 0.3 is 12.0 Å². The molecule has 1 atom stereocenters. The van der Waals surface area contributed by atoms with E-state index in [1.807, 2.05) is 20.8 Å². The lowest BCUT2D eigenvalue weighted by Crippen LogP contribution is -2.51. The highest BCUT2D eigenvalue weighted by Crippen LogP contribution is 2.22. The fourth-order valence-electron chi connectivity index (χ4n) is 2.04. The molecular weight excluding hydrogens is 246 g/mol. The highest BCUT2D eigenvalue weighted by Gasteiger charge is 2.30. The maximum Gasteiger partial charge on any atom is 0.317 e. The predicted octanol–water partition coefficient (Wildman–Crippen LogP) is 0.881. The normalized spacial score (nSPS) is 18.6. The van der Waals surface area contributed by atoms with Crippen LogP contribution >= 0.6 is 0 Å². The molecule has 1 aliphatic rings. The van der Waals surface area contributed by atoms with Gasteiger partial charge in [0.2, 0.25) is 0 Å². The topological polar surface area (TPSA) is 81.7 Å². The standard InChI is InChI=1S/C13H25N3O3/c1-13(2,3)10(9-11(17)18)15-12(19)16-7-4-5-14-6-8-16/h10,14H,4-9H2,1-3H3,(H,15,19)(H,17,18). The Labute approximate surface area is 114 Å². The van der Waals surface area contributed by atoms with Crippen molar-refractivity contribution < 1.29 is 14.7 Å². The lowest BCUT2D eigenvalue weighted by molar-refractivity contribution is -0.138. The first-order valence-electron chi connectivity index (χ1n) is 6.78. The molecule has 3 N–H and O–H groups in total. The summed E-state index contributed by atoms with van der Waals surface area (Å²) in [6.45, 7) is 8.88. The van der Waals surface area contributed by atoms with Gasteiger partial charge in [0.05, 0.1) is 6.42 Å². The summed E-state index contributed by atoms with van der Waals surface area (Å²) >= 11 is 0. The summed E-state index contributed by atoms with van der Waals surface area (Å²) in [5, 5.41) is 15.0. The molecule has 0 aliphatic carbocycles. The molecule has 0 bridgehead atoms. The summed E-state index contributed by atoms with van der Waals surface area (Å²) in [6, 6.07) is -0.529. The van der Waals surface area contributed by atoms with Crippen LogP contribution in [0.5, 0.6) is 0 Å². The second kappa shape index (κ2) is 6.75. The lowest BCUT2D eigenvalue weighted by atomic mass is 9.85. The molecule has 0 radical (unpaired) electrons. The first kappa shape index (κ1) is 15.8. The summed E-state index contributed by atoms with van der Waals surface area (Å²) < 4.78 is 0. The van der Waals surface area contributed by atoms with Crippen LogP contribution in [0.2, 0.25) is 0 Å². The molecule has 2 amide bonds. The van der Waals surface area contributed by atoms with Crippen molar-refractivity contribution in [3.05, 3.63) is 0 Å². The van der Waals surface area contributed by atoms with Crippen LogP contribution in [0.25, 0.3) is 0 Å². The first-order chi connectivity index (χ1) is 8.80. The molecule has 6 nitrogen and oxygen atoms in total. The number of nitrogens with zero attached hydrogens (tertiary/aromatic N) is 1. The van der Waals surface area contributed by atoms with Gasteiger partial charge in [-0.1, -0.05) is 20.8 Å². The molecule has 1 aliphatic heterocycles. The number of urea groups is 1. The Morgan fingerprint density at radius 2 is 2.00 bits per heavy atom. The lowest BCUT2D eigenvalue weighted by Gasteiger charge is -2.32. The summed E-state index contributed by atoms with van der Waals surface area (Å²) in [5.74, 6) is -0.891. The molecule has 110 valence electrons. The zero-order chi connectivity index (χ0) is 14.5. The Morgan fingerprint density at radius 3 is 2.58 bits per heavy atom. The van der Waals surface area contributed by atoms with Crippen LogP contribution < -0.4 is 10.6 Å². The van der Waals surface area contributed by atoms with Crippen molar-refractivity contribution in [1.82, 2.24) is 15.5 Å². The van der Waals surface area contributed by atoms with Gasteiger partial charge in [0.1, 0.15) is 0 Å². The molecule has 0 aromatic carbocycles. The molecule has 1 rings (SSSR count). The second-order valence-corrected chi connectivity index (χ2v) is 6.06. The van der Waals surface area contributed by atoms with Gasteiger partial charge in [-0.15, -0.1) is 0 Å². The molecule has 0 spiro atoms. The molecule has 0 saturated carbocycles. The van der Waals surface area contributed by atoms with Crippen LogP contribution in [0.4, 0.5) is 4.79 Å². The van der Waals surface area contributed by atoms with E-state index >= 15 is 0 Å². The molecular formula is C13H25N3O3. The van der Waals surface area contributed by atoms with E-state index in [9.17, 15) is 9.59 Å². The van der Waals surface area contributed by atoms with Crippen molar-refractivity contribution in [3.8, 4) is 0 Å². The number of carbonyl (C=O) groups is 2. The van der Waals surface area contributed by atoms with Gasteiger partial charge in [-0.2, -0.15) is 0 Å². The van der Waals surface area contributed by atoms with Crippen LogP contribution in [-0.4, -0.2) is 54.2 Å². The molecule has 0 aromatic rings. The van der Waals surface area contributed by atoms with Crippen LogP contribution in [0.3, 0.4) is 0 Å². The van der Waals surface area contributed by atoms with E-state index in [1.54, 1.807) is 4.90 Å². The fraction of sp³-hybridized carbons (Fsp3) is 0.846. The molecule has 6 heteroatoms. The van der Waals surface area contributed by atoms with Gasteiger partial charge in [-0.05, 0) is 18.4 Å². The molecule has 0 aromatic heterocycles. The maximum absolute atomic E-state index is 12.2. The minimum atomic E-state index is -0.891. The molecule has 1 heterocycles. The number of aliphatic carboxylic acids is 1. The van der Waals surface area contributed by atoms with E-state index in [-0.39, 0.29) is 23.9 Å². The van der Waals surface area contributed by atoms with E-state index in [0.29, 0.717) is 13.1 Å². The highest BCUT2D eigenvalue weighted by molar-refractivity contribution is 5.76. The zero-order valence-electron chi connectivity index (χ0n) is 12.0. The van der Waals surface area contributed by atoms with Gasteiger partial charge in [0.15, 0.2) is 0 Å². The summed E-state index contributed by atoms with van der Waals surface area (Å²) in [6.07, 6.45) is 0.869. The molecule has 19 heavy (non-hydrogen) atoms. The third kappa shape index (κ3) is 5.46. The van der Waals surface area contributed by atoms with Crippen LogP contribution in [0.1, 0.15) is 33.6 Å². The van der Waals surface area contributed by atoms with Crippen molar-refractivity contribution in [3.63, 3.8) is 0 Å². The number of carboxylic acid groups (broad SMARTS) is 1. The Kier molecular flexibility index (Phi) is 5.60. The Hall–Kier alpha value is -1.30. The number of carbonyl (C=O) groups excluding carboxylic acids is 1. The Balaban J connectivity index is 2.61. The number of carboxylic acids is 1. The molecule has 1 fully saturated rings. The van der Waals surface area contributed by atoms with E-state index in [4.69, 9.17) is 5.11 Å². The van der Waals surface area contributed by atoms with Gasteiger partial charge < -0.3 is 20.6 Å². The number of amides is 2. The van der Waals surface area contributed by atoms with Gasteiger partial charge in [0.25, 0.3) is 0 Å². The van der Waals surface area contributed by atoms with E-state index < -0.39 is 5.97 Å². The largest absolute Gasteiger partial charge is 0.481 e. The molecule has 1 unspecified atom stereocenters. The van der Waals surface area contributed by atoms with Crippen molar-refractivity contribution in [1.29, 1.82) is 0 Å². The second-order valence-electron chi connectivity index (χ2n) is 6.06. The average Bonchev–Trinajstić information content (AvgIpc) is 2.54. The number of nitrogens with one attached hydrogen (secondary N) is 2. The maximum atomic E-state index is 12.2. The summed E-state index contributed by atoms with van der Waals surface area (Å²) in [5.41, 5.74) is -0.280. The fourth-order valence-corrected chi connectivity index (χ4v) is 2.04. The van der Waals surface area contributed by atoms with Crippen molar-refractivity contribution in [2.24, 2.45) is 5.41 Å². The van der Waals surface area contributed by atoms with Crippen molar-refractivity contribution >= 4 is 12.0 Å². The monoisotopic (exact) mass is 271 g/mol. The average molecular weight is 271 g/mol. The zero-order valence-corrected chi connectivity index (χ0v) is 12.0. The SMILES string of the molecule is CC(C)(C)C(CC(=O)O)NC(=O)N1CCCNCC1. The van der Waals surface area contributed by atoms with Crippen LogP contribution in [-0.2, 0) is 4.79 Å². The summed E-state index contributed by atoms with van der Waals surface area (Å²) in [7, 11) is 0. The molecule has 1 saturated heterocycles. The Bertz CT molecular complexity index is 318. The minimum Gasteiger partial charge on any atom is -0.481 e. The smallest absolute Gasteiger partial charge is 0.317 e. The van der Waals surface area contributed by atoms with Gasteiger partial charge in [0, 0.05) is 25.7 Å². The van der Waals surface area contributed by atoms with Crippen LogP contribution in [0.15, 0.2) is 0 Å². The van der Waals surface area contributed by atoms with Crippen LogP contribution in [0, 0.1) is 5.41 Å². The van der Waals surface area contributed by atoms with E-state index in [1.165, 1.54) is 0 Å².